The lowest BCUT2D eigenvalue weighted by Crippen LogP contribution is -2.25. The highest BCUT2D eigenvalue weighted by molar-refractivity contribution is 5.54. The molecule has 0 unspecified atom stereocenters. The van der Waals surface area contributed by atoms with E-state index in [1.54, 1.807) is 0 Å². The van der Waals surface area contributed by atoms with Crippen LogP contribution >= 0.6 is 0 Å². The summed E-state index contributed by atoms with van der Waals surface area (Å²) in [5, 5.41) is 0. The summed E-state index contributed by atoms with van der Waals surface area (Å²) in [5.74, 6) is 1.90. The molecule has 0 bridgehead atoms. The van der Waals surface area contributed by atoms with E-state index in [0.717, 1.165) is 31.3 Å². The van der Waals surface area contributed by atoms with Crippen molar-refractivity contribution in [2.24, 2.45) is 5.73 Å². The minimum atomic E-state index is 0.0104. The fourth-order valence-corrected chi connectivity index (χ4v) is 1.17. The molecule has 0 saturated heterocycles. The second-order valence-corrected chi connectivity index (χ2v) is 2.48. The lowest BCUT2D eigenvalue weighted by Gasteiger charge is -2.17. The third-order valence-corrected chi connectivity index (χ3v) is 1.79. The minimum absolute atomic E-state index is 0.0104. The van der Waals surface area contributed by atoms with Crippen LogP contribution in [0.2, 0.25) is 0 Å². The van der Waals surface area contributed by atoms with Gasteiger partial charge in [-0.25, -0.2) is 4.79 Å². The first-order chi connectivity index (χ1) is 4.34. The first-order valence-electron chi connectivity index (χ1n) is 3.34. The van der Waals surface area contributed by atoms with E-state index in [2.05, 4.69) is 0 Å². The third kappa shape index (κ3) is 1.41. The number of nitrogens with two attached hydrogens (primary N) is 1. The smallest absolute Gasteiger partial charge is 0.125 e. The highest BCUT2D eigenvalue weighted by Gasteiger charge is 2.14. The molecule has 0 radical (unpaired) electrons. The van der Waals surface area contributed by atoms with Crippen molar-refractivity contribution in [3.05, 3.63) is 5.57 Å². The molecule has 1 rings (SSSR count). The van der Waals surface area contributed by atoms with Gasteiger partial charge in [0, 0.05) is 11.6 Å². The van der Waals surface area contributed by atoms with Crippen molar-refractivity contribution >= 4 is 5.94 Å². The van der Waals surface area contributed by atoms with E-state index in [9.17, 15) is 4.79 Å². The fraction of sp³-hybridized carbons (Fsp3) is 0.714. The molecule has 0 aromatic heterocycles. The van der Waals surface area contributed by atoms with Crippen LogP contribution in [0, 0.1) is 0 Å². The Morgan fingerprint density at radius 1 is 1.56 bits per heavy atom. The van der Waals surface area contributed by atoms with E-state index in [1.807, 2.05) is 5.94 Å². The highest BCUT2D eigenvalue weighted by atomic mass is 16.1. The molecular formula is C7H11NO. The Kier molecular flexibility index (Phi) is 2.04. The Balaban J connectivity index is 2.59. The molecule has 1 atom stereocenters. The Bertz CT molecular complexity index is 147. The van der Waals surface area contributed by atoms with Crippen LogP contribution in [0.4, 0.5) is 0 Å². The van der Waals surface area contributed by atoms with Crippen LogP contribution in [-0.2, 0) is 4.79 Å². The minimum Gasteiger partial charge on any atom is -0.324 e. The van der Waals surface area contributed by atoms with Crippen LogP contribution in [0.25, 0.3) is 0 Å². The van der Waals surface area contributed by atoms with Gasteiger partial charge in [-0.15, -0.1) is 0 Å². The number of rotatable bonds is 0. The second-order valence-electron chi connectivity index (χ2n) is 2.48. The second kappa shape index (κ2) is 2.81. The SMILES string of the molecule is N[C@@H]1CCCCC1=C=O. The van der Waals surface area contributed by atoms with Gasteiger partial charge in [-0.3, -0.25) is 0 Å². The van der Waals surface area contributed by atoms with Crippen LogP contribution in [-0.4, -0.2) is 12.0 Å². The van der Waals surface area contributed by atoms with Gasteiger partial charge in [-0.2, -0.15) is 0 Å². The normalized spacial score (nSPS) is 27.7. The Morgan fingerprint density at radius 2 is 2.33 bits per heavy atom. The maximum atomic E-state index is 10.1. The van der Waals surface area contributed by atoms with E-state index < -0.39 is 0 Å². The molecule has 50 valence electrons. The Labute approximate surface area is 54.7 Å². The predicted molar refractivity (Wildman–Crippen MR) is 35.6 cm³/mol. The lowest BCUT2D eigenvalue weighted by atomic mass is 9.92. The number of hydrogen-bond acceptors (Lipinski definition) is 2. The zero-order valence-electron chi connectivity index (χ0n) is 5.39. The van der Waals surface area contributed by atoms with Crippen LogP contribution in [0.5, 0.6) is 0 Å². The van der Waals surface area contributed by atoms with Gasteiger partial charge in [-0.1, -0.05) is 6.42 Å². The van der Waals surface area contributed by atoms with E-state index in [-0.39, 0.29) is 6.04 Å². The fourth-order valence-electron chi connectivity index (χ4n) is 1.17. The molecule has 0 aromatic carbocycles. The van der Waals surface area contributed by atoms with Crippen LogP contribution in [0.3, 0.4) is 0 Å². The summed E-state index contributed by atoms with van der Waals surface area (Å²) >= 11 is 0. The summed E-state index contributed by atoms with van der Waals surface area (Å²) in [6.45, 7) is 0. The Morgan fingerprint density at radius 3 is 2.78 bits per heavy atom. The van der Waals surface area contributed by atoms with Crippen LogP contribution in [0.15, 0.2) is 5.57 Å². The largest absolute Gasteiger partial charge is 0.324 e. The van der Waals surface area contributed by atoms with Crippen molar-refractivity contribution in [3.8, 4) is 0 Å². The molecule has 1 aliphatic carbocycles. The highest BCUT2D eigenvalue weighted by Crippen LogP contribution is 2.19. The molecule has 2 nitrogen and oxygen atoms in total. The summed E-state index contributed by atoms with van der Waals surface area (Å²) in [7, 11) is 0. The van der Waals surface area contributed by atoms with Gasteiger partial charge in [0.1, 0.15) is 5.94 Å². The van der Waals surface area contributed by atoms with Crippen molar-refractivity contribution in [1.29, 1.82) is 0 Å². The maximum absolute atomic E-state index is 10.1. The number of carbonyl (C=O) groups excluding carboxylic acids is 1. The van der Waals surface area contributed by atoms with E-state index in [0.29, 0.717) is 0 Å². The molecule has 0 aromatic rings. The molecule has 0 spiro atoms. The third-order valence-electron chi connectivity index (χ3n) is 1.79. The molecule has 0 aliphatic heterocycles. The molecule has 9 heavy (non-hydrogen) atoms. The molecule has 0 amide bonds. The van der Waals surface area contributed by atoms with E-state index >= 15 is 0 Å². The van der Waals surface area contributed by atoms with Crippen LogP contribution < -0.4 is 5.73 Å². The average molecular weight is 125 g/mol. The summed E-state index contributed by atoms with van der Waals surface area (Å²) in [6.07, 6.45) is 4.10. The van der Waals surface area contributed by atoms with Crippen molar-refractivity contribution in [1.82, 2.24) is 0 Å². The van der Waals surface area contributed by atoms with Crippen LogP contribution in [0.1, 0.15) is 25.7 Å². The van der Waals surface area contributed by atoms with Gasteiger partial charge in [0.2, 0.25) is 0 Å². The summed E-state index contributed by atoms with van der Waals surface area (Å²) < 4.78 is 0. The molecule has 2 N–H and O–H groups in total. The molecule has 2 heteroatoms. The van der Waals surface area contributed by atoms with E-state index in [4.69, 9.17) is 5.73 Å². The first-order valence-corrected chi connectivity index (χ1v) is 3.34. The quantitative estimate of drug-likeness (QED) is 0.483. The summed E-state index contributed by atoms with van der Waals surface area (Å²) in [6, 6.07) is 0.0104. The monoisotopic (exact) mass is 125 g/mol. The van der Waals surface area contributed by atoms with Crippen molar-refractivity contribution in [3.63, 3.8) is 0 Å². The summed E-state index contributed by atoms with van der Waals surface area (Å²) in [5.41, 5.74) is 6.37. The van der Waals surface area contributed by atoms with Crippen molar-refractivity contribution < 1.29 is 4.79 Å². The van der Waals surface area contributed by atoms with Gasteiger partial charge < -0.3 is 5.73 Å². The Hall–Kier alpha value is -0.590. The zero-order valence-corrected chi connectivity index (χ0v) is 5.39. The van der Waals surface area contributed by atoms with Crippen molar-refractivity contribution in [2.45, 2.75) is 31.7 Å². The molecule has 0 heterocycles. The number of hydrogen-bond donors (Lipinski definition) is 1. The molecule has 1 saturated carbocycles. The van der Waals surface area contributed by atoms with Gasteiger partial charge in [0.25, 0.3) is 0 Å². The van der Waals surface area contributed by atoms with E-state index in [1.165, 1.54) is 0 Å². The predicted octanol–water partition coefficient (Wildman–Crippen LogP) is 0.646. The standard InChI is InChI=1S/C7H11NO/c8-7-4-2-1-3-6(7)5-9/h7H,1-4,8H2/t7-/m1/s1. The maximum Gasteiger partial charge on any atom is 0.125 e. The van der Waals surface area contributed by atoms with Gasteiger partial charge in [0.05, 0.1) is 0 Å². The zero-order chi connectivity index (χ0) is 6.69. The summed E-state index contributed by atoms with van der Waals surface area (Å²) in [4.78, 5) is 10.1. The first kappa shape index (κ1) is 6.53. The molecular weight excluding hydrogens is 114 g/mol. The molecule has 1 aliphatic rings. The van der Waals surface area contributed by atoms with Gasteiger partial charge in [-0.05, 0) is 19.3 Å². The molecule has 1 fully saturated rings. The van der Waals surface area contributed by atoms with Gasteiger partial charge >= 0.3 is 0 Å². The average Bonchev–Trinajstić information content (AvgIpc) is 1.89. The lowest BCUT2D eigenvalue weighted by molar-refractivity contribution is 0.523. The van der Waals surface area contributed by atoms with Crippen molar-refractivity contribution in [2.75, 3.05) is 0 Å². The topological polar surface area (TPSA) is 43.1 Å². The van der Waals surface area contributed by atoms with Gasteiger partial charge in [0.15, 0.2) is 0 Å².